The van der Waals surface area contributed by atoms with Gasteiger partial charge in [0, 0.05) is 30.4 Å². The Bertz CT molecular complexity index is 753. The molecular weight excluding hydrogens is 310 g/mol. The molecule has 2 rings (SSSR count). The number of ether oxygens (including phenoxy) is 1. The number of rotatable bonds is 6. The number of fused-ring (bicyclic) bond motifs is 1. The number of amides is 2. The van der Waals surface area contributed by atoms with Gasteiger partial charge in [0.05, 0.1) is 7.11 Å². The van der Waals surface area contributed by atoms with Crippen LogP contribution in [0.15, 0.2) is 30.5 Å². The molecule has 1 aromatic carbocycles. The highest BCUT2D eigenvalue weighted by molar-refractivity contribution is 5.91. The Morgan fingerprint density at radius 1 is 1.21 bits per heavy atom. The minimum Gasteiger partial charge on any atom is -0.467 e. The monoisotopic (exact) mass is 331 g/mol. The second-order valence-corrected chi connectivity index (χ2v) is 5.57. The summed E-state index contributed by atoms with van der Waals surface area (Å²) >= 11 is 0. The summed E-state index contributed by atoms with van der Waals surface area (Å²) in [6.45, 7) is 2.88. The molecule has 2 aromatic rings. The smallest absolute Gasteiger partial charge is 0.328 e. The lowest BCUT2D eigenvalue weighted by atomic mass is 10.0. The highest BCUT2D eigenvalue weighted by Crippen LogP contribution is 2.19. The molecule has 24 heavy (non-hydrogen) atoms. The molecule has 0 saturated heterocycles. The highest BCUT2D eigenvalue weighted by atomic mass is 16.5. The van der Waals surface area contributed by atoms with Crippen LogP contribution in [0, 0.1) is 0 Å². The Labute approximate surface area is 139 Å². The number of para-hydroxylation sites is 1. The van der Waals surface area contributed by atoms with Gasteiger partial charge in [0.1, 0.15) is 12.1 Å². The van der Waals surface area contributed by atoms with Gasteiger partial charge in [0.25, 0.3) is 0 Å². The van der Waals surface area contributed by atoms with Gasteiger partial charge in [-0.05, 0) is 18.6 Å². The van der Waals surface area contributed by atoms with Gasteiger partial charge in [-0.3, -0.25) is 9.59 Å². The van der Waals surface area contributed by atoms with E-state index in [9.17, 15) is 14.4 Å². The van der Waals surface area contributed by atoms with Crippen LogP contribution in [0.4, 0.5) is 0 Å². The molecule has 0 radical (unpaired) electrons. The fourth-order valence-electron chi connectivity index (χ4n) is 2.52. The lowest BCUT2D eigenvalue weighted by Gasteiger charge is -2.19. The Morgan fingerprint density at radius 2 is 1.92 bits per heavy atom. The number of nitrogens with one attached hydrogen (secondary N) is 3. The summed E-state index contributed by atoms with van der Waals surface area (Å²) in [7, 11) is 1.27. The number of H-pyrrole nitrogens is 1. The first-order valence-corrected chi connectivity index (χ1v) is 7.62. The van der Waals surface area contributed by atoms with Crippen LogP contribution in [-0.2, 0) is 25.5 Å². The molecule has 0 aliphatic carbocycles. The van der Waals surface area contributed by atoms with Crippen molar-refractivity contribution >= 4 is 28.7 Å². The first kappa shape index (κ1) is 17.5. The lowest BCUT2D eigenvalue weighted by Crippen LogP contribution is -2.51. The molecule has 3 N–H and O–H groups in total. The van der Waals surface area contributed by atoms with Gasteiger partial charge >= 0.3 is 5.97 Å². The molecule has 0 spiro atoms. The molecule has 0 aliphatic rings. The predicted octanol–water partition coefficient (Wildman–Crippen LogP) is 0.893. The molecule has 7 heteroatoms. The third-order valence-corrected chi connectivity index (χ3v) is 3.71. The lowest BCUT2D eigenvalue weighted by molar-refractivity contribution is -0.145. The molecular formula is C17H21N3O4. The van der Waals surface area contributed by atoms with Crippen LogP contribution >= 0.6 is 0 Å². The molecule has 0 bridgehead atoms. The van der Waals surface area contributed by atoms with Crippen LogP contribution < -0.4 is 10.6 Å². The van der Waals surface area contributed by atoms with E-state index >= 15 is 0 Å². The Balaban J connectivity index is 2.15. The highest BCUT2D eigenvalue weighted by Gasteiger charge is 2.25. The average Bonchev–Trinajstić information content (AvgIpc) is 2.96. The van der Waals surface area contributed by atoms with Crippen molar-refractivity contribution in [3.8, 4) is 0 Å². The number of carbonyl (C=O) groups excluding carboxylic acids is 3. The van der Waals surface area contributed by atoms with E-state index in [0.717, 1.165) is 16.5 Å². The Hall–Kier alpha value is -2.83. The van der Waals surface area contributed by atoms with E-state index < -0.39 is 24.0 Å². The molecule has 2 atom stereocenters. The van der Waals surface area contributed by atoms with Crippen molar-refractivity contribution in [2.24, 2.45) is 0 Å². The average molecular weight is 331 g/mol. The van der Waals surface area contributed by atoms with Crippen molar-refractivity contribution in [1.29, 1.82) is 0 Å². The summed E-state index contributed by atoms with van der Waals surface area (Å²) in [5.41, 5.74) is 1.85. The van der Waals surface area contributed by atoms with Gasteiger partial charge in [-0.1, -0.05) is 18.2 Å². The van der Waals surface area contributed by atoms with Crippen LogP contribution in [0.1, 0.15) is 19.4 Å². The Morgan fingerprint density at radius 3 is 2.58 bits per heavy atom. The van der Waals surface area contributed by atoms with Crippen molar-refractivity contribution in [3.05, 3.63) is 36.0 Å². The van der Waals surface area contributed by atoms with Crippen LogP contribution in [0.2, 0.25) is 0 Å². The molecule has 0 aliphatic heterocycles. The number of aromatic amines is 1. The zero-order chi connectivity index (χ0) is 17.7. The first-order chi connectivity index (χ1) is 11.4. The standard InChI is InChI=1S/C17H21N3O4/c1-10(19-11(2)21)16(22)20-15(17(23)24-3)8-12-9-18-14-7-5-4-6-13(12)14/h4-7,9-10,15,18H,8H2,1-3H3,(H,19,21)(H,20,22)/t10-,15-/m0/s1. The van der Waals surface area contributed by atoms with Crippen molar-refractivity contribution in [2.75, 3.05) is 7.11 Å². The SMILES string of the molecule is COC(=O)[C@H](Cc1c[nH]c2ccccc12)NC(=O)[C@H](C)NC(C)=O. The summed E-state index contributed by atoms with van der Waals surface area (Å²) in [6, 6.07) is 6.12. The number of esters is 1. The van der Waals surface area contributed by atoms with Gasteiger partial charge in [-0.2, -0.15) is 0 Å². The van der Waals surface area contributed by atoms with Crippen molar-refractivity contribution in [2.45, 2.75) is 32.4 Å². The summed E-state index contributed by atoms with van der Waals surface area (Å²) in [6.07, 6.45) is 2.10. The molecule has 0 unspecified atom stereocenters. The van der Waals surface area contributed by atoms with Crippen molar-refractivity contribution in [3.63, 3.8) is 0 Å². The fraction of sp³-hybridized carbons (Fsp3) is 0.353. The van der Waals surface area contributed by atoms with E-state index in [1.165, 1.54) is 14.0 Å². The van der Waals surface area contributed by atoms with Crippen LogP contribution in [-0.4, -0.2) is 42.0 Å². The number of benzene rings is 1. The van der Waals surface area contributed by atoms with Crippen LogP contribution in [0.25, 0.3) is 10.9 Å². The van der Waals surface area contributed by atoms with E-state index in [-0.39, 0.29) is 12.3 Å². The fourth-order valence-corrected chi connectivity index (χ4v) is 2.52. The number of methoxy groups -OCH3 is 1. The Kier molecular flexibility index (Phi) is 5.57. The van der Waals surface area contributed by atoms with E-state index in [4.69, 9.17) is 4.74 Å². The number of hydrogen-bond acceptors (Lipinski definition) is 4. The summed E-state index contributed by atoms with van der Waals surface area (Å²) in [4.78, 5) is 38.4. The van der Waals surface area contributed by atoms with Crippen molar-refractivity contribution < 1.29 is 19.1 Å². The van der Waals surface area contributed by atoms with Gasteiger partial charge in [0.15, 0.2) is 0 Å². The molecule has 7 nitrogen and oxygen atoms in total. The third kappa shape index (κ3) is 4.13. The number of aromatic nitrogens is 1. The minimum atomic E-state index is -0.835. The minimum absolute atomic E-state index is 0.287. The second-order valence-electron chi connectivity index (χ2n) is 5.57. The molecule has 0 fully saturated rings. The first-order valence-electron chi connectivity index (χ1n) is 7.62. The third-order valence-electron chi connectivity index (χ3n) is 3.71. The van der Waals surface area contributed by atoms with Gasteiger partial charge < -0.3 is 20.4 Å². The summed E-state index contributed by atoms with van der Waals surface area (Å²) < 4.78 is 4.78. The van der Waals surface area contributed by atoms with Gasteiger partial charge in [0.2, 0.25) is 11.8 Å². The predicted molar refractivity (Wildman–Crippen MR) is 89.2 cm³/mol. The van der Waals surface area contributed by atoms with Crippen molar-refractivity contribution in [1.82, 2.24) is 15.6 Å². The normalized spacial score (nSPS) is 13.1. The topological polar surface area (TPSA) is 100 Å². The van der Waals surface area contributed by atoms with E-state index in [0.29, 0.717) is 0 Å². The molecule has 128 valence electrons. The van der Waals surface area contributed by atoms with Gasteiger partial charge in [-0.25, -0.2) is 4.79 Å². The molecule has 1 heterocycles. The maximum absolute atomic E-state index is 12.2. The molecule has 2 amide bonds. The zero-order valence-electron chi connectivity index (χ0n) is 13.9. The number of carbonyl (C=O) groups is 3. The summed E-state index contributed by atoms with van der Waals surface area (Å²) in [5, 5.41) is 6.10. The second kappa shape index (κ2) is 7.63. The van der Waals surface area contributed by atoms with Crippen LogP contribution in [0.5, 0.6) is 0 Å². The maximum Gasteiger partial charge on any atom is 0.328 e. The summed E-state index contributed by atoms with van der Waals surface area (Å²) in [5.74, 6) is -1.30. The number of hydrogen-bond donors (Lipinski definition) is 3. The van der Waals surface area contributed by atoms with E-state index in [2.05, 4.69) is 15.6 Å². The zero-order valence-corrected chi connectivity index (χ0v) is 13.9. The van der Waals surface area contributed by atoms with E-state index in [1.807, 2.05) is 30.5 Å². The van der Waals surface area contributed by atoms with Crippen LogP contribution in [0.3, 0.4) is 0 Å². The van der Waals surface area contributed by atoms with E-state index in [1.54, 1.807) is 6.92 Å². The molecule has 1 aromatic heterocycles. The quantitative estimate of drug-likeness (QED) is 0.685. The maximum atomic E-state index is 12.2. The largest absolute Gasteiger partial charge is 0.467 e. The molecule has 0 saturated carbocycles. The van der Waals surface area contributed by atoms with Gasteiger partial charge in [-0.15, -0.1) is 0 Å².